The highest BCUT2D eigenvalue weighted by Crippen LogP contribution is 2.25. The molecule has 0 amide bonds. The summed E-state index contributed by atoms with van der Waals surface area (Å²) in [5.41, 5.74) is 2.96. The van der Waals surface area contributed by atoms with Crippen molar-refractivity contribution >= 4 is 0 Å². The molecule has 112 valence electrons. The van der Waals surface area contributed by atoms with Gasteiger partial charge in [0.1, 0.15) is 5.75 Å². The average molecular weight is 279 g/mol. The van der Waals surface area contributed by atoms with Crippen LogP contribution in [0.25, 0.3) is 0 Å². The molecule has 0 radical (unpaired) electrons. The number of methoxy groups -OCH3 is 1. The molecule has 2 rings (SSSR count). The Kier molecular flexibility index (Phi) is 5.38. The van der Waals surface area contributed by atoms with Crippen molar-refractivity contribution in [1.82, 2.24) is 4.98 Å². The smallest absolute Gasteiger partial charge is 0.128 e. The quantitative estimate of drug-likeness (QED) is 0.900. The standard InChI is InChI=1S/C16H25NO3/c1-11-10-17-15(12(2)16(11)19-3)9-13(18)8-14-6-4-5-7-20-14/h10,13-14,18H,4-9H2,1-3H3. The van der Waals surface area contributed by atoms with Crippen LogP contribution >= 0.6 is 0 Å². The molecule has 20 heavy (non-hydrogen) atoms. The molecular weight excluding hydrogens is 254 g/mol. The zero-order valence-corrected chi connectivity index (χ0v) is 12.7. The lowest BCUT2D eigenvalue weighted by atomic mass is 9.99. The maximum atomic E-state index is 10.3. The van der Waals surface area contributed by atoms with E-state index in [9.17, 15) is 5.11 Å². The van der Waals surface area contributed by atoms with Crippen molar-refractivity contribution in [3.63, 3.8) is 0 Å². The van der Waals surface area contributed by atoms with Gasteiger partial charge in [0.15, 0.2) is 0 Å². The van der Waals surface area contributed by atoms with E-state index in [1.807, 2.05) is 20.0 Å². The van der Waals surface area contributed by atoms with Gasteiger partial charge in [-0.2, -0.15) is 0 Å². The summed E-state index contributed by atoms with van der Waals surface area (Å²) < 4.78 is 11.1. The fraction of sp³-hybridized carbons (Fsp3) is 0.688. The van der Waals surface area contributed by atoms with Crippen molar-refractivity contribution in [3.8, 4) is 5.75 Å². The van der Waals surface area contributed by atoms with E-state index < -0.39 is 6.10 Å². The number of pyridine rings is 1. The lowest BCUT2D eigenvalue weighted by Gasteiger charge is -2.25. The minimum Gasteiger partial charge on any atom is -0.496 e. The largest absolute Gasteiger partial charge is 0.496 e. The number of hydrogen-bond acceptors (Lipinski definition) is 4. The Morgan fingerprint density at radius 2 is 2.25 bits per heavy atom. The van der Waals surface area contributed by atoms with Crippen LogP contribution in [-0.2, 0) is 11.2 Å². The number of ether oxygens (including phenoxy) is 2. The fourth-order valence-corrected chi connectivity index (χ4v) is 2.88. The zero-order chi connectivity index (χ0) is 14.5. The molecule has 0 aromatic carbocycles. The van der Waals surface area contributed by atoms with Gasteiger partial charge in [0.2, 0.25) is 0 Å². The van der Waals surface area contributed by atoms with Crippen LogP contribution in [0.15, 0.2) is 6.20 Å². The van der Waals surface area contributed by atoms with Crippen molar-refractivity contribution < 1.29 is 14.6 Å². The van der Waals surface area contributed by atoms with Crippen molar-refractivity contribution in [2.24, 2.45) is 0 Å². The first-order valence-corrected chi connectivity index (χ1v) is 7.40. The maximum absolute atomic E-state index is 10.3. The minimum atomic E-state index is -0.406. The van der Waals surface area contributed by atoms with E-state index in [1.165, 1.54) is 6.42 Å². The molecular formula is C16H25NO3. The van der Waals surface area contributed by atoms with Gasteiger partial charge < -0.3 is 14.6 Å². The average Bonchev–Trinajstić information content (AvgIpc) is 2.44. The molecule has 2 unspecified atom stereocenters. The van der Waals surface area contributed by atoms with Crippen LogP contribution in [-0.4, -0.2) is 36.0 Å². The molecule has 1 aromatic heterocycles. The number of hydrogen-bond donors (Lipinski definition) is 1. The van der Waals surface area contributed by atoms with Gasteiger partial charge in [-0.15, -0.1) is 0 Å². The van der Waals surface area contributed by atoms with Gasteiger partial charge in [0, 0.05) is 36.0 Å². The van der Waals surface area contributed by atoms with Crippen molar-refractivity contribution in [2.45, 2.75) is 58.2 Å². The van der Waals surface area contributed by atoms with E-state index in [-0.39, 0.29) is 6.10 Å². The predicted molar refractivity (Wildman–Crippen MR) is 78.2 cm³/mol. The molecule has 1 aromatic rings. The third kappa shape index (κ3) is 3.70. The second-order valence-corrected chi connectivity index (χ2v) is 5.63. The molecule has 4 heteroatoms. The summed E-state index contributed by atoms with van der Waals surface area (Å²) in [6, 6.07) is 0. The van der Waals surface area contributed by atoms with Gasteiger partial charge in [-0.1, -0.05) is 0 Å². The van der Waals surface area contributed by atoms with Crippen LogP contribution in [0.3, 0.4) is 0 Å². The molecule has 1 fully saturated rings. The monoisotopic (exact) mass is 279 g/mol. The Morgan fingerprint density at radius 3 is 2.90 bits per heavy atom. The van der Waals surface area contributed by atoms with Gasteiger partial charge in [0.05, 0.1) is 19.3 Å². The lowest BCUT2D eigenvalue weighted by molar-refractivity contribution is -0.0149. The van der Waals surface area contributed by atoms with Gasteiger partial charge in [-0.25, -0.2) is 0 Å². The van der Waals surface area contributed by atoms with Crippen LogP contribution in [0.2, 0.25) is 0 Å². The third-order valence-electron chi connectivity index (χ3n) is 3.99. The summed E-state index contributed by atoms with van der Waals surface area (Å²) >= 11 is 0. The summed E-state index contributed by atoms with van der Waals surface area (Å²) in [5, 5.41) is 10.3. The van der Waals surface area contributed by atoms with E-state index in [2.05, 4.69) is 4.98 Å². The minimum absolute atomic E-state index is 0.200. The first kappa shape index (κ1) is 15.3. The molecule has 1 N–H and O–H groups in total. The number of rotatable bonds is 5. The van der Waals surface area contributed by atoms with Crippen LogP contribution in [0.4, 0.5) is 0 Å². The number of aromatic nitrogens is 1. The highest BCUT2D eigenvalue weighted by atomic mass is 16.5. The molecule has 1 aliphatic rings. The first-order valence-electron chi connectivity index (χ1n) is 7.40. The Morgan fingerprint density at radius 1 is 1.45 bits per heavy atom. The predicted octanol–water partition coefficient (Wildman–Crippen LogP) is 2.57. The van der Waals surface area contributed by atoms with E-state index in [1.54, 1.807) is 7.11 Å². The van der Waals surface area contributed by atoms with Gasteiger partial charge in [0.25, 0.3) is 0 Å². The second kappa shape index (κ2) is 7.04. The Bertz CT molecular complexity index is 442. The van der Waals surface area contributed by atoms with Crippen LogP contribution in [0, 0.1) is 13.8 Å². The molecule has 1 saturated heterocycles. The van der Waals surface area contributed by atoms with Crippen LogP contribution in [0.1, 0.15) is 42.5 Å². The number of aliphatic hydroxyl groups is 1. The Balaban J connectivity index is 1.98. The summed E-state index contributed by atoms with van der Waals surface area (Å²) in [5.74, 6) is 0.871. The summed E-state index contributed by atoms with van der Waals surface area (Å²) in [6.45, 7) is 4.81. The summed E-state index contributed by atoms with van der Waals surface area (Å²) in [7, 11) is 1.67. The first-order chi connectivity index (χ1) is 9.61. The van der Waals surface area contributed by atoms with Gasteiger partial charge in [-0.3, -0.25) is 4.98 Å². The second-order valence-electron chi connectivity index (χ2n) is 5.63. The van der Waals surface area contributed by atoms with E-state index in [0.717, 1.165) is 42.0 Å². The Labute approximate surface area is 121 Å². The molecule has 2 heterocycles. The highest BCUT2D eigenvalue weighted by Gasteiger charge is 2.20. The van der Waals surface area contributed by atoms with E-state index >= 15 is 0 Å². The molecule has 0 aliphatic carbocycles. The zero-order valence-electron chi connectivity index (χ0n) is 12.7. The number of nitrogens with zero attached hydrogens (tertiary/aromatic N) is 1. The van der Waals surface area contributed by atoms with Crippen molar-refractivity contribution in [1.29, 1.82) is 0 Å². The molecule has 0 bridgehead atoms. The topological polar surface area (TPSA) is 51.6 Å². The SMILES string of the molecule is COc1c(C)cnc(CC(O)CC2CCCCO2)c1C. The molecule has 2 atom stereocenters. The fourth-order valence-electron chi connectivity index (χ4n) is 2.88. The summed E-state index contributed by atoms with van der Waals surface area (Å²) in [4.78, 5) is 4.44. The van der Waals surface area contributed by atoms with Crippen LogP contribution in [0.5, 0.6) is 5.75 Å². The summed E-state index contributed by atoms with van der Waals surface area (Å²) in [6.07, 6.45) is 6.25. The van der Waals surface area contributed by atoms with Crippen molar-refractivity contribution in [3.05, 3.63) is 23.0 Å². The number of aryl methyl sites for hydroxylation is 1. The molecule has 0 spiro atoms. The van der Waals surface area contributed by atoms with Gasteiger partial charge >= 0.3 is 0 Å². The normalized spacial score (nSPS) is 20.7. The number of aliphatic hydroxyl groups excluding tert-OH is 1. The molecule has 4 nitrogen and oxygen atoms in total. The van der Waals surface area contributed by atoms with Crippen LogP contribution < -0.4 is 4.74 Å². The lowest BCUT2D eigenvalue weighted by Crippen LogP contribution is -2.26. The molecule has 0 saturated carbocycles. The molecule has 1 aliphatic heterocycles. The van der Waals surface area contributed by atoms with E-state index in [4.69, 9.17) is 9.47 Å². The van der Waals surface area contributed by atoms with E-state index in [0.29, 0.717) is 12.8 Å². The maximum Gasteiger partial charge on any atom is 0.128 e. The van der Waals surface area contributed by atoms with Gasteiger partial charge in [-0.05, 0) is 39.5 Å². The van der Waals surface area contributed by atoms with Crippen molar-refractivity contribution in [2.75, 3.05) is 13.7 Å². The highest BCUT2D eigenvalue weighted by molar-refractivity contribution is 5.41. The third-order valence-corrected chi connectivity index (χ3v) is 3.99. The Hall–Kier alpha value is -1.13.